The van der Waals surface area contributed by atoms with Crippen LogP contribution >= 0.6 is 0 Å². The quantitative estimate of drug-likeness (QED) is 0.651. The largest absolute Gasteiger partial charge is 0.268 e. The summed E-state index contributed by atoms with van der Waals surface area (Å²) < 4.78 is 24.2. The van der Waals surface area contributed by atoms with E-state index in [0.717, 1.165) is 0 Å². The van der Waals surface area contributed by atoms with Gasteiger partial charge in [0.1, 0.15) is 4.90 Å². The zero-order valence-corrected chi connectivity index (χ0v) is 9.23. The minimum absolute atomic E-state index is 0. The normalized spacial score (nSPS) is 17.1. The van der Waals surface area contributed by atoms with Crippen molar-refractivity contribution in [3.63, 3.8) is 0 Å². The summed E-state index contributed by atoms with van der Waals surface area (Å²) in [6.07, 6.45) is 0. The van der Waals surface area contributed by atoms with E-state index in [4.69, 9.17) is 0 Å². The molecule has 6 heteroatoms. The van der Waals surface area contributed by atoms with Crippen LogP contribution in [0.25, 0.3) is 0 Å². The third kappa shape index (κ3) is 1.55. The third-order valence-electron chi connectivity index (χ3n) is 1.65. The van der Waals surface area contributed by atoms with Gasteiger partial charge in [0.15, 0.2) is 0 Å². The summed E-state index contributed by atoms with van der Waals surface area (Å²) in [6, 6.07) is 6.09. The molecule has 0 unspecified atom stereocenters. The van der Waals surface area contributed by atoms with Gasteiger partial charge >= 0.3 is 0 Å². The van der Waals surface area contributed by atoms with E-state index in [-0.39, 0.29) is 32.8 Å². The molecule has 1 aliphatic rings. The van der Waals surface area contributed by atoms with Crippen LogP contribution in [0.3, 0.4) is 0 Å². The molecule has 1 aromatic carbocycles. The second kappa shape index (κ2) is 3.26. The average Bonchev–Trinajstić information content (AvgIpc) is 2.25. The van der Waals surface area contributed by atoms with Crippen LogP contribution in [0, 0.1) is 0 Å². The number of carbonyl (C=O) groups excluding carboxylic acids is 1. The van der Waals surface area contributed by atoms with Crippen LogP contribution in [-0.2, 0) is 32.4 Å². The molecule has 0 aliphatic carbocycles. The zero-order valence-electron chi connectivity index (χ0n) is 6.24. The molecule has 1 heterocycles. The molecule has 2 rings (SSSR count). The Morgan fingerprint density at radius 2 is 1.77 bits per heavy atom. The molecule has 0 saturated heterocycles. The van der Waals surface area contributed by atoms with Gasteiger partial charge in [-0.2, -0.15) is 0 Å². The summed E-state index contributed by atoms with van der Waals surface area (Å²) in [5.74, 6) is -0.550. The van der Waals surface area contributed by atoms with Crippen LogP contribution in [-0.4, -0.2) is 14.3 Å². The Hall–Kier alpha value is -0.620. The first-order valence-corrected chi connectivity index (χ1v) is 4.76. The first kappa shape index (κ1) is 10.5. The number of sulfonamides is 1. The van der Waals surface area contributed by atoms with Gasteiger partial charge in [0.25, 0.3) is 15.9 Å². The fourth-order valence-electron chi connectivity index (χ4n) is 1.12. The minimum Gasteiger partial charge on any atom is -0.268 e. The minimum atomic E-state index is -3.55. The number of hydrogen-bond acceptors (Lipinski definition) is 3. The maximum atomic E-state index is 11.1. The smallest absolute Gasteiger partial charge is 0.266 e. The maximum absolute atomic E-state index is 11.1. The van der Waals surface area contributed by atoms with Crippen molar-refractivity contribution in [2.24, 2.45) is 0 Å². The van der Waals surface area contributed by atoms with E-state index in [1.165, 1.54) is 12.1 Å². The zero-order chi connectivity index (χ0) is 8.77. The molecule has 0 aromatic heterocycles. The second-order valence-corrected chi connectivity index (χ2v) is 4.08. The van der Waals surface area contributed by atoms with Crippen LogP contribution in [0.1, 0.15) is 10.4 Å². The summed E-state index contributed by atoms with van der Waals surface area (Å²) in [6.45, 7) is 0. The van der Waals surface area contributed by atoms with Gasteiger partial charge < -0.3 is 0 Å². The second-order valence-electron chi connectivity index (χ2n) is 2.43. The first-order chi connectivity index (χ1) is 5.61. The van der Waals surface area contributed by atoms with Gasteiger partial charge in [-0.25, -0.2) is 13.1 Å². The Bertz CT molecular complexity index is 455. The Balaban J connectivity index is 0.000000845. The van der Waals surface area contributed by atoms with Crippen molar-refractivity contribution in [1.29, 1.82) is 0 Å². The fraction of sp³-hybridized carbons (Fsp3) is 0. The average molecular weight is 380 g/mol. The first-order valence-electron chi connectivity index (χ1n) is 3.27. The molecule has 0 atom stereocenters. The molecule has 73 valence electrons. The van der Waals surface area contributed by atoms with E-state index >= 15 is 0 Å². The molecular formula is C7H5AuNO3S. The molecule has 0 fully saturated rings. The number of nitrogens with one attached hydrogen (secondary N) is 1. The van der Waals surface area contributed by atoms with Crippen molar-refractivity contribution in [3.05, 3.63) is 29.8 Å². The maximum Gasteiger partial charge on any atom is 0.266 e. The number of fused-ring (bicyclic) bond motifs is 1. The summed E-state index contributed by atoms with van der Waals surface area (Å²) in [4.78, 5) is 11.1. The Morgan fingerprint density at radius 3 is 2.38 bits per heavy atom. The van der Waals surface area contributed by atoms with Crippen LogP contribution in [0.2, 0.25) is 0 Å². The predicted molar refractivity (Wildman–Crippen MR) is 41.1 cm³/mol. The number of hydrogen-bond donors (Lipinski definition) is 1. The molecule has 4 nitrogen and oxygen atoms in total. The predicted octanol–water partition coefficient (Wildman–Crippen LogP) is 0.116. The van der Waals surface area contributed by atoms with Crippen LogP contribution in [0.5, 0.6) is 0 Å². The Morgan fingerprint density at radius 1 is 1.15 bits per heavy atom. The van der Waals surface area contributed by atoms with Crippen molar-refractivity contribution in [2.45, 2.75) is 4.90 Å². The van der Waals surface area contributed by atoms with Crippen LogP contribution in [0.4, 0.5) is 0 Å². The summed E-state index contributed by atoms with van der Waals surface area (Å²) >= 11 is 0. The van der Waals surface area contributed by atoms with E-state index in [0.29, 0.717) is 0 Å². The Labute approximate surface area is 90.9 Å². The van der Waals surface area contributed by atoms with Gasteiger partial charge in [-0.3, -0.25) is 4.79 Å². The number of amides is 1. The van der Waals surface area contributed by atoms with Gasteiger partial charge in [-0.05, 0) is 12.1 Å². The summed E-state index contributed by atoms with van der Waals surface area (Å²) in [7, 11) is -3.55. The standard InChI is InChI=1S/C7H5NO3S.Au/c9-7-5-3-1-2-4-6(5)12(10,11)8-7;/h1-4H,(H,8,9);. The number of benzene rings is 1. The molecule has 1 N–H and O–H groups in total. The monoisotopic (exact) mass is 380 g/mol. The van der Waals surface area contributed by atoms with E-state index < -0.39 is 15.9 Å². The SMILES string of the molecule is O=C1NS(=O)(=O)c2ccccc21.[Au]. The van der Waals surface area contributed by atoms with E-state index in [2.05, 4.69) is 0 Å². The molecule has 1 aromatic rings. The summed E-state index contributed by atoms with van der Waals surface area (Å²) in [5, 5.41) is 0. The topological polar surface area (TPSA) is 63.2 Å². The van der Waals surface area contributed by atoms with Crippen molar-refractivity contribution < 1.29 is 35.6 Å². The molecule has 1 aliphatic heterocycles. The van der Waals surface area contributed by atoms with E-state index in [1.54, 1.807) is 12.1 Å². The van der Waals surface area contributed by atoms with E-state index in [9.17, 15) is 13.2 Å². The van der Waals surface area contributed by atoms with Crippen molar-refractivity contribution in [2.75, 3.05) is 0 Å². The van der Waals surface area contributed by atoms with Gasteiger partial charge in [0.05, 0.1) is 5.56 Å². The van der Waals surface area contributed by atoms with Gasteiger partial charge in [0, 0.05) is 22.4 Å². The van der Waals surface area contributed by atoms with Crippen LogP contribution in [0.15, 0.2) is 29.2 Å². The third-order valence-corrected chi connectivity index (χ3v) is 3.04. The van der Waals surface area contributed by atoms with Gasteiger partial charge in [-0.1, -0.05) is 12.1 Å². The summed E-state index contributed by atoms with van der Waals surface area (Å²) in [5.41, 5.74) is 0.220. The number of carbonyl (C=O) groups is 1. The molecule has 1 amide bonds. The van der Waals surface area contributed by atoms with Gasteiger partial charge in [-0.15, -0.1) is 0 Å². The van der Waals surface area contributed by atoms with Crippen molar-refractivity contribution in [3.8, 4) is 0 Å². The van der Waals surface area contributed by atoms with Crippen LogP contribution < -0.4 is 4.72 Å². The van der Waals surface area contributed by atoms with Crippen molar-refractivity contribution >= 4 is 15.9 Å². The Kier molecular flexibility index (Phi) is 2.63. The molecule has 13 heavy (non-hydrogen) atoms. The molecule has 0 spiro atoms. The van der Waals surface area contributed by atoms with E-state index in [1.807, 2.05) is 4.72 Å². The van der Waals surface area contributed by atoms with Crippen molar-refractivity contribution in [1.82, 2.24) is 4.72 Å². The molecule has 1 radical (unpaired) electrons. The molecular weight excluding hydrogens is 375 g/mol. The number of rotatable bonds is 0. The molecule has 0 saturated carbocycles. The fourth-order valence-corrected chi connectivity index (χ4v) is 2.29. The van der Waals surface area contributed by atoms with Gasteiger partial charge in [0.2, 0.25) is 0 Å². The molecule has 0 bridgehead atoms.